The summed E-state index contributed by atoms with van der Waals surface area (Å²) in [6, 6.07) is -0.510. The highest BCUT2D eigenvalue weighted by molar-refractivity contribution is 5.78. The number of methoxy groups -OCH3 is 1. The molecule has 1 amide bonds. The number of carbonyl (C=O) groups excluding carboxylic acids is 1. The first-order valence-electron chi connectivity index (χ1n) is 9.06. The maximum Gasteiger partial charge on any atom is 0.410 e. The van der Waals surface area contributed by atoms with Crippen LogP contribution in [0.1, 0.15) is 56.8 Å². The number of alkyl halides is 3. The molecule has 3 heterocycles. The lowest BCUT2D eigenvalue weighted by atomic mass is 9.99. The highest BCUT2D eigenvalue weighted by Crippen LogP contribution is 2.41. The highest BCUT2D eigenvalue weighted by Gasteiger charge is 2.46. The second-order valence-corrected chi connectivity index (χ2v) is 6.97. The Balaban J connectivity index is 1.92. The molecule has 1 N–H and O–H groups in total. The van der Waals surface area contributed by atoms with Crippen LogP contribution < -0.4 is 5.32 Å². The number of aromatic nitrogens is 2. The molecule has 3 rings (SSSR count). The van der Waals surface area contributed by atoms with Crippen LogP contribution in [0.2, 0.25) is 0 Å². The standard InChI is InChI=1S/C17H25F3N4O2/c1-3-11-8-14(17(18,19)20)24-15(21-11)9-12(22-24)13-6-4-5-7-23(13)16(25)10-26-2/h9,11,13-14,21H,3-8,10H2,1-2H3/t11-,13?,14-/m1/s1. The molecule has 1 fully saturated rings. The molecule has 1 aromatic heterocycles. The monoisotopic (exact) mass is 374 g/mol. The number of likely N-dealkylation sites (tertiary alicyclic amines) is 1. The number of nitrogens with one attached hydrogen (secondary N) is 1. The van der Waals surface area contributed by atoms with E-state index in [9.17, 15) is 18.0 Å². The number of amides is 1. The molecule has 0 spiro atoms. The molecule has 2 aliphatic rings. The van der Waals surface area contributed by atoms with Gasteiger partial charge in [0.1, 0.15) is 12.4 Å². The van der Waals surface area contributed by atoms with Crippen LogP contribution in [0.4, 0.5) is 19.0 Å². The number of hydrogen-bond acceptors (Lipinski definition) is 4. The van der Waals surface area contributed by atoms with Gasteiger partial charge in [-0.25, -0.2) is 4.68 Å². The summed E-state index contributed by atoms with van der Waals surface area (Å²) in [5, 5.41) is 7.43. The Morgan fingerprint density at radius 1 is 1.42 bits per heavy atom. The van der Waals surface area contributed by atoms with Gasteiger partial charge >= 0.3 is 6.18 Å². The van der Waals surface area contributed by atoms with Gasteiger partial charge in [-0.05, 0) is 32.1 Å². The summed E-state index contributed by atoms with van der Waals surface area (Å²) in [7, 11) is 1.45. The Morgan fingerprint density at radius 3 is 2.85 bits per heavy atom. The quantitative estimate of drug-likeness (QED) is 0.879. The largest absolute Gasteiger partial charge is 0.410 e. The van der Waals surface area contributed by atoms with Gasteiger partial charge in [0.25, 0.3) is 0 Å². The van der Waals surface area contributed by atoms with Crippen LogP contribution >= 0.6 is 0 Å². The predicted molar refractivity (Wildman–Crippen MR) is 89.8 cm³/mol. The van der Waals surface area contributed by atoms with E-state index in [0.29, 0.717) is 30.9 Å². The molecule has 26 heavy (non-hydrogen) atoms. The average Bonchev–Trinajstić information content (AvgIpc) is 3.03. The third kappa shape index (κ3) is 3.67. The number of rotatable bonds is 4. The van der Waals surface area contributed by atoms with Crippen molar-refractivity contribution in [2.24, 2.45) is 0 Å². The molecular formula is C17H25F3N4O2. The zero-order chi connectivity index (χ0) is 18.9. The summed E-state index contributed by atoms with van der Waals surface area (Å²) < 4.78 is 46.5. The SMILES string of the molecule is CC[C@@H]1C[C@H](C(F)(F)F)n2nc(C3CCCCN3C(=O)COC)cc2N1. The van der Waals surface area contributed by atoms with Gasteiger partial charge in [0.15, 0.2) is 6.04 Å². The minimum Gasteiger partial charge on any atom is -0.375 e. The van der Waals surface area contributed by atoms with Crippen molar-refractivity contribution in [3.05, 3.63) is 11.8 Å². The van der Waals surface area contributed by atoms with Gasteiger partial charge in [0.05, 0.1) is 11.7 Å². The Labute approximate surface area is 150 Å². The van der Waals surface area contributed by atoms with Crippen LogP contribution in [0.3, 0.4) is 0 Å². The lowest BCUT2D eigenvalue weighted by Gasteiger charge is -2.34. The first kappa shape index (κ1) is 19.0. The normalized spacial score (nSPS) is 26.3. The van der Waals surface area contributed by atoms with Crippen LogP contribution in [0.25, 0.3) is 0 Å². The highest BCUT2D eigenvalue weighted by atomic mass is 19.4. The van der Waals surface area contributed by atoms with E-state index in [1.807, 2.05) is 6.92 Å². The third-order valence-corrected chi connectivity index (χ3v) is 5.21. The number of halogens is 3. The maximum absolute atomic E-state index is 13.5. The van der Waals surface area contributed by atoms with Crippen molar-refractivity contribution in [1.82, 2.24) is 14.7 Å². The lowest BCUT2D eigenvalue weighted by molar-refractivity contribution is -0.173. The van der Waals surface area contributed by atoms with Crippen molar-refractivity contribution in [3.8, 4) is 0 Å². The second-order valence-electron chi connectivity index (χ2n) is 6.97. The Bertz CT molecular complexity index is 646. The number of nitrogens with zero attached hydrogens (tertiary/aromatic N) is 3. The summed E-state index contributed by atoms with van der Waals surface area (Å²) in [5.41, 5.74) is 0.516. The lowest BCUT2D eigenvalue weighted by Crippen LogP contribution is -2.41. The van der Waals surface area contributed by atoms with Crippen molar-refractivity contribution in [2.45, 2.75) is 63.3 Å². The first-order chi connectivity index (χ1) is 12.3. The second kappa shape index (κ2) is 7.46. The molecule has 146 valence electrons. The van der Waals surface area contributed by atoms with Gasteiger partial charge in [0, 0.05) is 25.8 Å². The Kier molecular flexibility index (Phi) is 5.45. The van der Waals surface area contributed by atoms with Crippen LogP contribution in [0, 0.1) is 0 Å². The van der Waals surface area contributed by atoms with Crippen molar-refractivity contribution in [2.75, 3.05) is 25.6 Å². The zero-order valence-electron chi connectivity index (χ0n) is 15.1. The minimum atomic E-state index is -4.36. The molecule has 0 saturated carbocycles. The molecule has 9 heteroatoms. The predicted octanol–water partition coefficient (Wildman–Crippen LogP) is 3.28. The molecule has 2 aliphatic heterocycles. The molecule has 0 radical (unpaired) electrons. The van der Waals surface area contributed by atoms with Crippen LogP contribution in [0.5, 0.6) is 0 Å². The number of hydrogen-bond donors (Lipinski definition) is 1. The van der Waals surface area contributed by atoms with E-state index in [1.54, 1.807) is 11.0 Å². The van der Waals surface area contributed by atoms with Gasteiger partial charge in [-0.3, -0.25) is 4.79 Å². The molecule has 0 aromatic carbocycles. The number of fused-ring (bicyclic) bond motifs is 1. The molecule has 3 atom stereocenters. The summed E-state index contributed by atoms with van der Waals surface area (Å²) in [5.74, 6) is 0.222. The Morgan fingerprint density at radius 2 is 2.19 bits per heavy atom. The van der Waals surface area contributed by atoms with Gasteiger partial charge in [-0.1, -0.05) is 6.92 Å². The number of anilines is 1. The van der Waals surface area contributed by atoms with Gasteiger partial charge in [-0.15, -0.1) is 0 Å². The van der Waals surface area contributed by atoms with E-state index in [1.165, 1.54) is 7.11 Å². The van der Waals surface area contributed by atoms with Crippen molar-refractivity contribution in [1.29, 1.82) is 0 Å². The molecule has 6 nitrogen and oxygen atoms in total. The topological polar surface area (TPSA) is 59.4 Å². The van der Waals surface area contributed by atoms with Crippen molar-refractivity contribution in [3.63, 3.8) is 0 Å². The van der Waals surface area contributed by atoms with Crippen molar-refractivity contribution < 1.29 is 22.7 Å². The average molecular weight is 374 g/mol. The van der Waals surface area contributed by atoms with Gasteiger partial charge in [-0.2, -0.15) is 18.3 Å². The molecule has 0 bridgehead atoms. The zero-order valence-corrected chi connectivity index (χ0v) is 15.1. The summed E-state index contributed by atoms with van der Waals surface area (Å²) in [6.45, 7) is 2.40. The molecule has 0 aliphatic carbocycles. The van der Waals surface area contributed by atoms with E-state index in [-0.39, 0.29) is 31.0 Å². The smallest absolute Gasteiger partial charge is 0.375 e. The van der Waals surface area contributed by atoms with Gasteiger partial charge < -0.3 is 15.0 Å². The fourth-order valence-corrected chi connectivity index (χ4v) is 3.84. The molecule has 1 unspecified atom stereocenters. The Hall–Kier alpha value is -1.77. The molecule has 1 aromatic rings. The molecular weight excluding hydrogens is 349 g/mol. The fourth-order valence-electron chi connectivity index (χ4n) is 3.84. The van der Waals surface area contributed by atoms with Gasteiger partial charge in [0.2, 0.25) is 5.91 Å². The fraction of sp³-hybridized carbons (Fsp3) is 0.765. The number of carbonyl (C=O) groups is 1. The number of piperidine rings is 1. The van der Waals surface area contributed by atoms with E-state index >= 15 is 0 Å². The summed E-state index contributed by atoms with van der Waals surface area (Å²) in [6.07, 6.45) is -1.30. The third-order valence-electron chi connectivity index (χ3n) is 5.21. The first-order valence-corrected chi connectivity index (χ1v) is 9.06. The maximum atomic E-state index is 13.5. The van der Waals surface area contributed by atoms with Crippen LogP contribution in [-0.4, -0.2) is 53.1 Å². The minimum absolute atomic E-state index is 0.0363. The summed E-state index contributed by atoms with van der Waals surface area (Å²) in [4.78, 5) is 14.0. The molecule has 1 saturated heterocycles. The number of ether oxygens (including phenoxy) is 1. The van der Waals surface area contributed by atoms with Crippen molar-refractivity contribution >= 4 is 11.7 Å². The summed E-state index contributed by atoms with van der Waals surface area (Å²) >= 11 is 0. The van der Waals surface area contributed by atoms with E-state index < -0.39 is 12.2 Å². The van der Waals surface area contributed by atoms with E-state index in [2.05, 4.69) is 10.4 Å². The van der Waals surface area contributed by atoms with E-state index in [0.717, 1.165) is 17.5 Å². The van der Waals surface area contributed by atoms with Crippen LogP contribution in [-0.2, 0) is 9.53 Å². The van der Waals surface area contributed by atoms with Crippen LogP contribution in [0.15, 0.2) is 6.07 Å². The van der Waals surface area contributed by atoms with E-state index in [4.69, 9.17) is 4.74 Å².